The number of nitro benzene ring substituents is 1. The minimum Gasteiger partial charge on any atom is -0.497 e. The summed E-state index contributed by atoms with van der Waals surface area (Å²) in [5, 5.41) is 10.9. The molecular formula is C30H38N4O8S. The Kier molecular flexibility index (Phi) is 10.4. The average molecular weight is 615 g/mol. The van der Waals surface area contributed by atoms with Gasteiger partial charge in [0.1, 0.15) is 24.0 Å². The van der Waals surface area contributed by atoms with Crippen LogP contribution in [0.2, 0.25) is 0 Å². The predicted octanol–water partition coefficient (Wildman–Crippen LogP) is 4.70. The number of nitro groups is 1. The van der Waals surface area contributed by atoms with Gasteiger partial charge in [-0.3, -0.25) is 19.8 Å². The summed E-state index contributed by atoms with van der Waals surface area (Å²) in [6.07, 6.45) is -0.514. The van der Waals surface area contributed by atoms with Crippen molar-refractivity contribution in [3.8, 4) is 5.75 Å². The third kappa shape index (κ3) is 8.76. The number of non-ortho nitro benzene ring substituents is 1. The number of ether oxygens (including phenoxy) is 3. The van der Waals surface area contributed by atoms with E-state index in [9.17, 15) is 24.5 Å². The SMILES string of the molecule is COc1ccc(CS[C@H]2C[C@@H](C(=O)N3CCN(C(=O)OCc4ccc([N+](=O)[O-])cc4)CC3)N(C(=O)OC(C)(C)C)C2)cc1. The lowest BCUT2D eigenvalue weighted by Crippen LogP contribution is -2.55. The first-order valence-electron chi connectivity index (χ1n) is 14.1. The second-order valence-corrected chi connectivity index (χ2v) is 12.7. The molecule has 2 aliphatic rings. The van der Waals surface area contributed by atoms with E-state index in [0.717, 1.165) is 17.1 Å². The molecule has 2 atom stereocenters. The molecule has 232 valence electrons. The Balaban J connectivity index is 1.32. The van der Waals surface area contributed by atoms with Crippen LogP contribution in [0.5, 0.6) is 5.75 Å². The van der Waals surface area contributed by atoms with E-state index in [2.05, 4.69) is 0 Å². The van der Waals surface area contributed by atoms with E-state index in [1.165, 1.54) is 17.0 Å². The zero-order valence-corrected chi connectivity index (χ0v) is 25.7. The van der Waals surface area contributed by atoms with Crippen molar-refractivity contribution in [2.45, 2.75) is 56.4 Å². The first-order valence-corrected chi connectivity index (χ1v) is 15.2. The zero-order chi connectivity index (χ0) is 31.1. The summed E-state index contributed by atoms with van der Waals surface area (Å²) in [5.74, 6) is 1.37. The van der Waals surface area contributed by atoms with Crippen molar-refractivity contribution in [2.24, 2.45) is 0 Å². The average Bonchev–Trinajstić information content (AvgIpc) is 3.43. The normalized spacial score (nSPS) is 18.7. The van der Waals surface area contributed by atoms with Crippen molar-refractivity contribution >= 4 is 35.5 Å². The fourth-order valence-electron chi connectivity index (χ4n) is 4.88. The largest absolute Gasteiger partial charge is 0.497 e. The number of likely N-dealkylation sites (tertiary alicyclic amines) is 1. The molecule has 0 radical (unpaired) electrons. The van der Waals surface area contributed by atoms with E-state index in [1.54, 1.807) is 61.6 Å². The summed E-state index contributed by atoms with van der Waals surface area (Å²) in [4.78, 5) is 54.6. The second kappa shape index (κ2) is 14.0. The number of benzene rings is 2. The zero-order valence-electron chi connectivity index (χ0n) is 24.9. The molecule has 3 amide bonds. The van der Waals surface area contributed by atoms with Crippen LogP contribution in [-0.2, 0) is 26.6 Å². The number of carbonyl (C=O) groups is 3. The Bertz CT molecular complexity index is 1290. The Morgan fingerprint density at radius 1 is 0.930 bits per heavy atom. The summed E-state index contributed by atoms with van der Waals surface area (Å²) in [7, 11) is 1.63. The third-order valence-electron chi connectivity index (χ3n) is 7.18. The highest BCUT2D eigenvalue weighted by molar-refractivity contribution is 7.99. The van der Waals surface area contributed by atoms with Gasteiger partial charge in [-0.15, -0.1) is 0 Å². The Labute approximate surface area is 255 Å². The molecule has 2 aromatic rings. The molecule has 2 fully saturated rings. The maximum atomic E-state index is 13.7. The Hall–Kier alpha value is -4.00. The van der Waals surface area contributed by atoms with Gasteiger partial charge in [0.05, 0.1) is 12.0 Å². The molecule has 43 heavy (non-hydrogen) atoms. The lowest BCUT2D eigenvalue weighted by molar-refractivity contribution is -0.384. The summed E-state index contributed by atoms with van der Waals surface area (Å²) in [6, 6.07) is 13.0. The van der Waals surface area contributed by atoms with Gasteiger partial charge < -0.3 is 24.0 Å². The van der Waals surface area contributed by atoms with Crippen LogP contribution in [0.15, 0.2) is 48.5 Å². The van der Waals surface area contributed by atoms with Crippen LogP contribution in [0.3, 0.4) is 0 Å². The van der Waals surface area contributed by atoms with Crippen LogP contribution in [-0.4, -0.2) is 94.4 Å². The van der Waals surface area contributed by atoms with E-state index in [-0.39, 0.29) is 23.5 Å². The molecule has 2 heterocycles. The van der Waals surface area contributed by atoms with Crippen LogP contribution in [0.1, 0.15) is 38.3 Å². The molecule has 0 aliphatic carbocycles. The van der Waals surface area contributed by atoms with E-state index in [0.29, 0.717) is 44.7 Å². The monoisotopic (exact) mass is 614 g/mol. The Morgan fingerprint density at radius 3 is 2.12 bits per heavy atom. The third-order valence-corrected chi connectivity index (χ3v) is 8.49. The van der Waals surface area contributed by atoms with Gasteiger partial charge >= 0.3 is 12.2 Å². The lowest BCUT2D eigenvalue weighted by atomic mass is 10.1. The van der Waals surface area contributed by atoms with Gasteiger partial charge in [0.2, 0.25) is 5.91 Å². The number of hydrogen-bond acceptors (Lipinski definition) is 9. The molecule has 2 aliphatic heterocycles. The van der Waals surface area contributed by atoms with Gasteiger partial charge in [0.15, 0.2) is 0 Å². The number of carbonyl (C=O) groups excluding carboxylic acids is 3. The van der Waals surface area contributed by atoms with E-state index >= 15 is 0 Å². The smallest absolute Gasteiger partial charge is 0.411 e. The lowest BCUT2D eigenvalue weighted by Gasteiger charge is -2.37. The number of hydrogen-bond donors (Lipinski definition) is 0. The van der Waals surface area contributed by atoms with Crippen LogP contribution in [0.25, 0.3) is 0 Å². The molecule has 2 saturated heterocycles. The minimum absolute atomic E-state index is 0.0154. The summed E-state index contributed by atoms with van der Waals surface area (Å²) in [6.45, 7) is 7.00. The predicted molar refractivity (Wildman–Crippen MR) is 161 cm³/mol. The Morgan fingerprint density at radius 2 is 1.53 bits per heavy atom. The molecule has 0 N–H and O–H groups in total. The van der Waals surface area contributed by atoms with E-state index in [4.69, 9.17) is 14.2 Å². The van der Waals surface area contributed by atoms with Crippen molar-refractivity contribution < 1.29 is 33.5 Å². The van der Waals surface area contributed by atoms with Crippen molar-refractivity contribution in [2.75, 3.05) is 39.8 Å². The van der Waals surface area contributed by atoms with Gasteiger partial charge in [-0.2, -0.15) is 11.8 Å². The van der Waals surface area contributed by atoms with Gasteiger partial charge in [-0.25, -0.2) is 9.59 Å². The highest BCUT2D eigenvalue weighted by Gasteiger charge is 2.43. The molecule has 0 bridgehead atoms. The van der Waals surface area contributed by atoms with Crippen molar-refractivity contribution in [3.05, 3.63) is 69.8 Å². The number of amides is 3. The first kappa shape index (κ1) is 31.9. The van der Waals surface area contributed by atoms with E-state index in [1.807, 2.05) is 24.3 Å². The highest BCUT2D eigenvalue weighted by atomic mass is 32.2. The van der Waals surface area contributed by atoms with Crippen LogP contribution in [0, 0.1) is 10.1 Å². The highest BCUT2D eigenvalue weighted by Crippen LogP contribution is 2.32. The van der Waals surface area contributed by atoms with Crippen molar-refractivity contribution in [1.82, 2.24) is 14.7 Å². The number of rotatable bonds is 8. The molecule has 4 rings (SSSR count). The van der Waals surface area contributed by atoms with Crippen LogP contribution < -0.4 is 4.74 Å². The number of thioether (sulfide) groups is 1. The number of methoxy groups -OCH3 is 1. The second-order valence-electron chi connectivity index (χ2n) is 11.5. The van der Waals surface area contributed by atoms with Crippen LogP contribution in [0.4, 0.5) is 15.3 Å². The molecule has 0 aromatic heterocycles. The number of piperazine rings is 1. The van der Waals surface area contributed by atoms with Gasteiger partial charge in [0, 0.05) is 55.9 Å². The van der Waals surface area contributed by atoms with Gasteiger partial charge in [-0.05, 0) is 62.6 Å². The van der Waals surface area contributed by atoms with E-state index < -0.39 is 28.8 Å². The molecule has 13 heteroatoms. The van der Waals surface area contributed by atoms with Crippen LogP contribution >= 0.6 is 11.8 Å². The molecule has 0 unspecified atom stereocenters. The molecular weight excluding hydrogens is 576 g/mol. The number of nitrogens with zero attached hydrogens (tertiary/aromatic N) is 4. The maximum absolute atomic E-state index is 13.7. The molecule has 0 spiro atoms. The maximum Gasteiger partial charge on any atom is 0.411 e. The standard InChI is InChI=1S/C30H38N4O8S/c1-30(2,3)42-29(37)33-18-25(43-20-22-7-11-24(40-4)12-8-22)17-26(33)27(35)31-13-15-32(16-14-31)28(36)41-19-21-5-9-23(10-6-21)34(38)39/h5-12,25-26H,13-20H2,1-4H3/t25-,26-/m0/s1. The van der Waals surface area contributed by atoms with Gasteiger partial charge in [-0.1, -0.05) is 12.1 Å². The topological polar surface area (TPSA) is 132 Å². The quantitative estimate of drug-likeness (QED) is 0.307. The van der Waals surface area contributed by atoms with Gasteiger partial charge in [0.25, 0.3) is 5.69 Å². The molecule has 0 saturated carbocycles. The summed E-state index contributed by atoms with van der Waals surface area (Å²) in [5.41, 5.74) is 1.03. The summed E-state index contributed by atoms with van der Waals surface area (Å²) >= 11 is 1.70. The minimum atomic E-state index is -0.695. The van der Waals surface area contributed by atoms with Crippen molar-refractivity contribution in [3.63, 3.8) is 0 Å². The first-order chi connectivity index (χ1) is 20.4. The summed E-state index contributed by atoms with van der Waals surface area (Å²) < 4.78 is 16.3. The molecule has 12 nitrogen and oxygen atoms in total. The fraction of sp³-hybridized carbons (Fsp3) is 0.500. The molecule has 2 aromatic carbocycles. The fourth-order valence-corrected chi connectivity index (χ4v) is 6.09. The van der Waals surface area contributed by atoms with Crippen molar-refractivity contribution in [1.29, 1.82) is 0 Å².